The number of methoxy groups -OCH3 is 2. The third kappa shape index (κ3) is 4.86. The third-order valence-electron chi connectivity index (χ3n) is 7.68. The summed E-state index contributed by atoms with van der Waals surface area (Å²) in [7, 11) is 3.16. The average molecular weight is 510 g/mol. The number of fused-ring (bicyclic) bond motifs is 1. The third-order valence-corrected chi connectivity index (χ3v) is 7.68. The van der Waals surface area contributed by atoms with Crippen LogP contribution >= 0.6 is 0 Å². The second-order valence-corrected chi connectivity index (χ2v) is 9.80. The van der Waals surface area contributed by atoms with E-state index in [1.165, 1.54) is 4.90 Å². The Morgan fingerprint density at radius 1 is 0.789 bits per heavy atom. The second kappa shape index (κ2) is 11.1. The van der Waals surface area contributed by atoms with Crippen molar-refractivity contribution < 1.29 is 23.9 Å². The molecule has 5 rings (SSSR count). The largest absolute Gasteiger partial charge is 0.493 e. The van der Waals surface area contributed by atoms with Crippen LogP contribution in [0.4, 0.5) is 0 Å². The van der Waals surface area contributed by atoms with Gasteiger partial charge in [-0.25, -0.2) is 0 Å². The lowest BCUT2D eigenvalue weighted by molar-refractivity contribution is -0.140. The molecule has 4 atom stereocenters. The van der Waals surface area contributed by atoms with E-state index in [1.54, 1.807) is 26.4 Å². The number of hydrogen-bond acceptors (Lipinski definition) is 5. The highest BCUT2D eigenvalue weighted by Gasteiger charge is 2.54. The second-order valence-electron chi connectivity index (χ2n) is 9.80. The molecule has 2 amide bonds. The number of rotatable bonds is 9. The SMILES string of the molecule is COc1ccc(CCN2C(=O)C3C(C2=O)[C@H](c2ccccc2)C=C[C@@H]3CC(=O)c2ccccc2)cc1OC. The van der Waals surface area contributed by atoms with E-state index in [9.17, 15) is 14.4 Å². The van der Waals surface area contributed by atoms with Gasteiger partial charge in [0.15, 0.2) is 17.3 Å². The van der Waals surface area contributed by atoms with Crippen LogP contribution in [0.2, 0.25) is 0 Å². The molecule has 1 fully saturated rings. The van der Waals surface area contributed by atoms with E-state index >= 15 is 0 Å². The molecule has 38 heavy (non-hydrogen) atoms. The Bertz CT molecular complexity index is 1350. The van der Waals surface area contributed by atoms with Gasteiger partial charge in [-0.1, -0.05) is 78.9 Å². The molecule has 1 aliphatic heterocycles. The molecule has 1 saturated heterocycles. The number of nitrogens with zero attached hydrogens (tertiary/aromatic N) is 1. The van der Waals surface area contributed by atoms with Crippen molar-refractivity contribution in [3.8, 4) is 11.5 Å². The number of carbonyl (C=O) groups is 3. The van der Waals surface area contributed by atoms with Crippen LogP contribution in [0.15, 0.2) is 91.0 Å². The topological polar surface area (TPSA) is 72.9 Å². The molecule has 0 bridgehead atoms. The summed E-state index contributed by atoms with van der Waals surface area (Å²) in [6.07, 6.45) is 4.67. The average Bonchev–Trinajstić information content (AvgIpc) is 3.22. The summed E-state index contributed by atoms with van der Waals surface area (Å²) in [6, 6.07) is 24.5. The number of amides is 2. The summed E-state index contributed by atoms with van der Waals surface area (Å²) in [4.78, 5) is 42.1. The molecule has 0 N–H and O–H groups in total. The van der Waals surface area contributed by atoms with Crippen molar-refractivity contribution in [1.29, 1.82) is 0 Å². The lowest BCUT2D eigenvalue weighted by Crippen LogP contribution is -2.34. The zero-order chi connectivity index (χ0) is 26.6. The lowest BCUT2D eigenvalue weighted by Gasteiger charge is -2.32. The highest BCUT2D eigenvalue weighted by Crippen LogP contribution is 2.47. The van der Waals surface area contributed by atoms with E-state index in [0.29, 0.717) is 23.5 Å². The minimum atomic E-state index is -0.573. The van der Waals surface area contributed by atoms with E-state index < -0.39 is 11.8 Å². The minimum Gasteiger partial charge on any atom is -0.493 e. The first kappa shape index (κ1) is 25.5. The highest BCUT2D eigenvalue weighted by molar-refractivity contribution is 6.07. The summed E-state index contributed by atoms with van der Waals surface area (Å²) in [5, 5.41) is 0. The number of imide groups is 1. The van der Waals surface area contributed by atoms with Crippen molar-refractivity contribution >= 4 is 17.6 Å². The maximum absolute atomic E-state index is 13.8. The van der Waals surface area contributed by atoms with Gasteiger partial charge in [0.05, 0.1) is 26.1 Å². The van der Waals surface area contributed by atoms with Gasteiger partial charge in [-0.3, -0.25) is 19.3 Å². The van der Waals surface area contributed by atoms with Crippen molar-refractivity contribution in [1.82, 2.24) is 4.90 Å². The van der Waals surface area contributed by atoms with E-state index in [-0.39, 0.29) is 42.4 Å². The molecule has 0 aromatic heterocycles. The minimum absolute atomic E-state index is 0.0267. The molecular formula is C32H31NO5. The fourth-order valence-electron chi connectivity index (χ4n) is 5.75. The van der Waals surface area contributed by atoms with Gasteiger partial charge in [0.25, 0.3) is 0 Å². The number of likely N-dealkylation sites (tertiary alicyclic amines) is 1. The lowest BCUT2D eigenvalue weighted by atomic mass is 9.68. The van der Waals surface area contributed by atoms with Gasteiger partial charge in [-0.05, 0) is 35.6 Å². The molecule has 0 radical (unpaired) electrons. The van der Waals surface area contributed by atoms with Gasteiger partial charge in [0.2, 0.25) is 11.8 Å². The maximum Gasteiger partial charge on any atom is 0.234 e. The Morgan fingerprint density at radius 2 is 1.45 bits per heavy atom. The smallest absolute Gasteiger partial charge is 0.234 e. The molecule has 1 heterocycles. The maximum atomic E-state index is 13.8. The van der Waals surface area contributed by atoms with Gasteiger partial charge in [0, 0.05) is 24.4 Å². The molecule has 2 aliphatic rings. The monoisotopic (exact) mass is 509 g/mol. The molecule has 3 aromatic carbocycles. The molecule has 1 aliphatic carbocycles. The van der Waals surface area contributed by atoms with Gasteiger partial charge >= 0.3 is 0 Å². The van der Waals surface area contributed by atoms with Crippen LogP contribution in [0.3, 0.4) is 0 Å². The van der Waals surface area contributed by atoms with Crippen LogP contribution in [0.1, 0.15) is 33.8 Å². The number of Topliss-reactive ketones (excluding diaryl/α,β-unsaturated/α-hetero) is 1. The molecule has 6 heteroatoms. The summed E-state index contributed by atoms with van der Waals surface area (Å²) < 4.78 is 10.7. The van der Waals surface area contributed by atoms with Gasteiger partial charge in [-0.2, -0.15) is 0 Å². The van der Waals surface area contributed by atoms with Crippen LogP contribution in [0.5, 0.6) is 11.5 Å². The predicted molar refractivity (Wildman–Crippen MR) is 144 cm³/mol. The number of ether oxygens (including phenoxy) is 2. The van der Waals surface area contributed by atoms with E-state index in [0.717, 1.165) is 11.1 Å². The first-order valence-corrected chi connectivity index (χ1v) is 12.9. The first-order chi connectivity index (χ1) is 18.5. The van der Waals surface area contributed by atoms with E-state index in [1.807, 2.05) is 78.9 Å². The molecular weight excluding hydrogens is 478 g/mol. The van der Waals surface area contributed by atoms with Crippen LogP contribution in [0.25, 0.3) is 0 Å². The molecule has 0 spiro atoms. The number of allylic oxidation sites excluding steroid dienone is 2. The zero-order valence-electron chi connectivity index (χ0n) is 21.6. The van der Waals surface area contributed by atoms with Crippen molar-refractivity contribution in [2.45, 2.75) is 18.8 Å². The fraction of sp³-hybridized carbons (Fsp3) is 0.281. The van der Waals surface area contributed by atoms with Crippen LogP contribution < -0.4 is 9.47 Å². The summed E-state index contributed by atoms with van der Waals surface area (Å²) in [6.45, 7) is 0.265. The normalized spacial score (nSPS) is 22.3. The van der Waals surface area contributed by atoms with Crippen LogP contribution in [0, 0.1) is 17.8 Å². The van der Waals surface area contributed by atoms with E-state index in [2.05, 4.69) is 0 Å². The Kier molecular flexibility index (Phi) is 7.40. The Labute approximate surface area is 222 Å². The summed E-state index contributed by atoms with van der Waals surface area (Å²) in [5.41, 5.74) is 2.55. The van der Waals surface area contributed by atoms with Crippen molar-refractivity contribution in [2.75, 3.05) is 20.8 Å². The van der Waals surface area contributed by atoms with Crippen molar-refractivity contribution in [3.63, 3.8) is 0 Å². The van der Waals surface area contributed by atoms with Crippen molar-refractivity contribution in [2.24, 2.45) is 17.8 Å². The number of hydrogen-bond donors (Lipinski definition) is 0. The zero-order valence-corrected chi connectivity index (χ0v) is 21.6. The fourth-order valence-corrected chi connectivity index (χ4v) is 5.75. The van der Waals surface area contributed by atoms with E-state index in [4.69, 9.17) is 9.47 Å². The van der Waals surface area contributed by atoms with Crippen LogP contribution in [-0.4, -0.2) is 43.3 Å². The Balaban J connectivity index is 1.41. The quantitative estimate of drug-likeness (QED) is 0.228. The van der Waals surface area contributed by atoms with Crippen LogP contribution in [-0.2, 0) is 16.0 Å². The molecule has 194 valence electrons. The van der Waals surface area contributed by atoms with Gasteiger partial charge in [-0.15, -0.1) is 0 Å². The Morgan fingerprint density at radius 3 is 2.13 bits per heavy atom. The molecule has 0 saturated carbocycles. The number of carbonyl (C=O) groups excluding carboxylic acids is 3. The standard InChI is InChI=1S/C32H31NO5/c1-37-27-16-13-21(19-28(27)38-2)17-18-33-31(35)29-24(20-26(34)23-11-7-4-8-12-23)14-15-25(30(29)32(33)36)22-9-5-3-6-10-22/h3-16,19,24-25,29-30H,17-18,20H2,1-2H3/t24-,25+,29?,30?/m1/s1. The van der Waals surface area contributed by atoms with Crippen molar-refractivity contribution in [3.05, 3.63) is 108 Å². The predicted octanol–water partition coefficient (Wildman–Crippen LogP) is 5.09. The highest BCUT2D eigenvalue weighted by atomic mass is 16.5. The molecule has 3 aromatic rings. The summed E-state index contributed by atoms with van der Waals surface area (Å²) in [5.74, 6) is -0.829. The number of benzene rings is 3. The van der Waals surface area contributed by atoms with Gasteiger partial charge in [0.1, 0.15) is 0 Å². The molecule has 2 unspecified atom stereocenters. The Hall–Kier alpha value is -4.19. The molecule has 6 nitrogen and oxygen atoms in total. The first-order valence-electron chi connectivity index (χ1n) is 12.9. The summed E-state index contributed by atoms with van der Waals surface area (Å²) >= 11 is 0. The van der Waals surface area contributed by atoms with Gasteiger partial charge < -0.3 is 9.47 Å². The number of ketones is 1.